The summed E-state index contributed by atoms with van der Waals surface area (Å²) in [6.45, 7) is 6.32. The molecule has 0 heterocycles. The lowest BCUT2D eigenvalue weighted by Crippen LogP contribution is -2.07. The number of carbonyl (C=O) groups is 1. The molecule has 1 aromatic carbocycles. The first-order valence-corrected chi connectivity index (χ1v) is 7.36. The number of rotatable bonds is 6. The van der Waals surface area contributed by atoms with Crippen LogP contribution in [0.2, 0.25) is 5.02 Å². The molecule has 17 heavy (non-hydrogen) atoms. The molecule has 0 saturated heterocycles. The number of ketones is 1. The first-order chi connectivity index (χ1) is 7.99. The van der Waals surface area contributed by atoms with Crippen molar-refractivity contribution >= 4 is 29.1 Å². The molecular formula is C14H19ClOS. The van der Waals surface area contributed by atoms with Gasteiger partial charge in [0.15, 0.2) is 0 Å². The van der Waals surface area contributed by atoms with E-state index >= 15 is 0 Å². The summed E-state index contributed by atoms with van der Waals surface area (Å²) in [6, 6.07) is 5.85. The Morgan fingerprint density at radius 2 is 2.12 bits per heavy atom. The molecule has 0 aliphatic heterocycles. The van der Waals surface area contributed by atoms with Crippen LogP contribution in [0.5, 0.6) is 0 Å². The van der Waals surface area contributed by atoms with Crippen LogP contribution < -0.4 is 0 Å². The van der Waals surface area contributed by atoms with Crippen molar-refractivity contribution in [3.8, 4) is 0 Å². The molecule has 94 valence electrons. The van der Waals surface area contributed by atoms with Gasteiger partial charge in [0, 0.05) is 11.4 Å². The average molecular weight is 271 g/mol. The summed E-state index contributed by atoms with van der Waals surface area (Å²) in [4.78, 5) is 11.8. The van der Waals surface area contributed by atoms with Gasteiger partial charge in [-0.05, 0) is 35.8 Å². The summed E-state index contributed by atoms with van der Waals surface area (Å²) >= 11 is 7.80. The fraction of sp³-hybridized carbons (Fsp3) is 0.500. The number of hydrogen-bond acceptors (Lipinski definition) is 2. The third-order valence-electron chi connectivity index (χ3n) is 2.31. The summed E-state index contributed by atoms with van der Waals surface area (Å²) in [5.41, 5.74) is 2.06. The van der Waals surface area contributed by atoms with Crippen molar-refractivity contribution < 1.29 is 4.79 Å². The van der Waals surface area contributed by atoms with Crippen LogP contribution in [0.4, 0.5) is 0 Å². The second kappa shape index (κ2) is 7.07. The normalized spacial score (nSPS) is 10.9. The molecule has 0 N–H and O–H groups in total. The lowest BCUT2D eigenvalue weighted by Gasteiger charge is -2.06. The molecule has 0 aliphatic rings. The number of thioether (sulfide) groups is 1. The van der Waals surface area contributed by atoms with E-state index in [-0.39, 0.29) is 5.78 Å². The first kappa shape index (κ1) is 14.6. The number of hydrogen-bond donors (Lipinski definition) is 0. The van der Waals surface area contributed by atoms with Crippen LogP contribution in [0.15, 0.2) is 18.2 Å². The van der Waals surface area contributed by atoms with Gasteiger partial charge in [-0.25, -0.2) is 0 Å². The molecule has 0 saturated carbocycles. The van der Waals surface area contributed by atoms with Gasteiger partial charge in [-0.2, -0.15) is 11.8 Å². The number of halogens is 1. The molecule has 0 fully saturated rings. The van der Waals surface area contributed by atoms with Gasteiger partial charge in [0.1, 0.15) is 5.78 Å². The smallest absolute Gasteiger partial charge is 0.147 e. The van der Waals surface area contributed by atoms with Gasteiger partial charge in [0.05, 0.1) is 5.75 Å². The molecule has 0 bridgehead atoms. The van der Waals surface area contributed by atoms with Crippen LogP contribution in [0.1, 0.15) is 25.0 Å². The van der Waals surface area contributed by atoms with E-state index in [1.807, 2.05) is 25.1 Å². The topological polar surface area (TPSA) is 17.1 Å². The van der Waals surface area contributed by atoms with Crippen molar-refractivity contribution in [3.63, 3.8) is 0 Å². The Bertz CT molecular complexity index is 388. The third-order valence-corrected chi connectivity index (χ3v) is 4.09. The standard InChI is InChI=1S/C14H19ClOS/c1-10(2)8-17-9-13(16)7-12-5-4-11(3)6-14(12)15/h4-6,10H,7-9H2,1-3H3. The second-order valence-corrected chi connectivity index (χ2v) is 6.16. The highest BCUT2D eigenvalue weighted by Gasteiger charge is 2.08. The highest BCUT2D eigenvalue weighted by molar-refractivity contribution is 7.99. The van der Waals surface area contributed by atoms with Gasteiger partial charge in [0.2, 0.25) is 0 Å². The number of Topliss-reactive ketones (excluding diaryl/α,β-unsaturated/α-hetero) is 1. The first-order valence-electron chi connectivity index (χ1n) is 5.83. The second-order valence-electron chi connectivity index (χ2n) is 4.72. The van der Waals surface area contributed by atoms with Crippen molar-refractivity contribution in [2.24, 2.45) is 5.92 Å². The van der Waals surface area contributed by atoms with Crippen molar-refractivity contribution in [1.29, 1.82) is 0 Å². The highest BCUT2D eigenvalue weighted by Crippen LogP contribution is 2.19. The number of carbonyl (C=O) groups excluding carboxylic acids is 1. The quantitative estimate of drug-likeness (QED) is 0.772. The SMILES string of the molecule is Cc1ccc(CC(=O)CSCC(C)C)c(Cl)c1. The monoisotopic (exact) mass is 270 g/mol. The Labute approximate surface area is 113 Å². The zero-order valence-corrected chi connectivity index (χ0v) is 12.2. The Morgan fingerprint density at radius 1 is 1.41 bits per heavy atom. The van der Waals surface area contributed by atoms with Crippen molar-refractivity contribution in [2.75, 3.05) is 11.5 Å². The van der Waals surface area contributed by atoms with E-state index in [9.17, 15) is 4.79 Å². The Balaban J connectivity index is 2.45. The van der Waals surface area contributed by atoms with Crippen molar-refractivity contribution in [3.05, 3.63) is 34.3 Å². The minimum Gasteiger partial charge on any atom is -0.298 e. The summed E-state index contributed by atoms with van der Waals surface area (Å²) in [7, 11) is 0. The summed E-state index contributed by atoms with van der Waals surface area (Å²) in [5, 5.41) is 0.701. The number of benzene rings is 1. The Hall–Kier alpha value is -0.470. The predicted octanol–water partition coefficient (Wildman–Crippen LogP) is 4.15. The lowest BCUT2D eigenvalue weighted by atomic mass is 10.1. The lowest BCUT2D eigenvalue weighted by molar-refractivity contribution is -0.116. The molecule has 0 unspecified atom stereocenters. The van der Waals surface area contributed by atoms with Crippen LogP contribution in [-0.4, -0.2) is 17.3 Å². The van der Waals surface area contributed by atoms with E-state index in [2.05, 4.69) is 13.8 Å². The maximum Gasteiger partial charge on any atom is 0.147 e. The molecule has 0 atom stereocenters. The Kier molecular flexibility index (Phi) is 6.07. The molecule has 0 spiro atoms. The molecule has 0 aromatic heterocycles. The van der Waals surface area contributed by atoms with Gasteiger partial charge >= 0.3 is 0 Å². The minimum atomic E-state index is 0.251. The number of aryl methyl sites for hydroxylation is 1. The fourth-order valence-corrected chi connectivity index (χ4v) is 2.69. The van der Waals surface area contributed by atoms with Gasteiger partial charge in [-0.3, -0.25) is 4.79 Å². The average Bonchev–Trinajstić information content (AvgIpc) is 2.21. The van der Waals surface area contributed by atoms with Crippen LogP contribution in [0.3, 0.4) is 0 Å². The minimum absolute atomic E-state index is 0.251. The van der Waals surface area contributed by atoms with Crippen LogP contribution in [0, 0.1) is 12.8 Å². The van der Waals surface area contributed by atoms with Gasteiger partial charge in [0.25, 0.3) is 0 Å². The van der Waals surface area contributed by atoms with E-state index in [1.54, 1.807) is 11.8 Å². The largest absolute Gasteiger partial charge is 0.298 e. The summed E-state index contributed by atoms with van der Waals surface area (Å²) in [5.74, 6) is 2.51. The molecule has 0 aliphatic carbocycles. The molecule has 1 nitrogen and oxygen atoms in total. The van der Waals surface area contributed by atoms with Crippen LogP contribution >= 0.6 is 23.4 Å². The van der Waals surface area contributed by atoms with Crippen LogP contribution in [-0.2, 0) is 11.2 Å². The van der Waals surface area contributed by atoms with E-state index < -0.39 is 0 Å². The zero-order chi connectivity index (χ0) is 12.8. The predicted molar refractivity (Wildman–Crippen MR) is 77.1 cm³/mol. The fourth-order valence-electron chi connectivity index (χ4n) is 1.47. The van der Waals surface area contributed by atoms with Gasteiger partial charge < -0.3 is 0 Å². The maximum absolute atomic E-state index is 11.8. The zero-order valence-electron chi connectivity index (χ0n) is 10.6. The van der Waals surface area contributed by atoms with Gasteiger partial charge in [-0.15, -0.1) is 0 Å². The highest BCUT2D eigenvalue weighted by atomic mass is 35.5. The van der Waals surface area contributed by atoms with E-state index in [0.29, 0.717) is 23.1 Å². The molecule has 0 radical (unpaired) electrons. The van der Waals surface area contributed by atoms with Crippen LogP contribution in [0.25, 0.3) is 0 Å². The van der Waals surface area contributed by atoms with Crippen molar-refractivity contribution in [2.45, 2.75) is 27.2 Å². The molecule has 3 heteroatoms. The molecule has 1 rings (SSSR count). The van der Waals surface area contributed by atoms with Crippen molar-refractivity contribution in [1.82, 2.24) is 0 Å². The molecular weight excluding hydrogens is 252 g/mol. The van der Waals surface area contributed by atoms with E-state index in [4.69, 9.17) is 11.6 Å². The van der Waals surface area contributed by atoms with E-state index in [0.717, 1.165) is 16.9 Å². The Morgan fingerprint density at radius 3 is 2.71 bits per heavy atom. The molecule has 0 amide bonds. The summed E-state index contributed by atoms with van der Waals surface area (Å²) in [6.07, 6.45) is 0.449. The van der Waals surface area contributed by atoms with Gasteiger partial charge in [-0.1, -0.05) is 37.6 Å². The third kappa shape index (κ3) is 5.60. The molecule has 1 aromatic rings. The van der Waals surface area contributed by atoms with E-state index in [1.165, 1.54) is 0 Å². The summed E-state index contributed by atoms with van der Waals surface area (Å²) < 4.78 is 0. The maximum atomic E-state index is 11.8.